The summed E-state index contributed by atoms with van der Waals surface area (Å²) in [5.41, 5.74) is 0.728. The Hall–Kier alpha value is -3.00. The molecule has 7 nitrogen and oxygen atoms in total. The minimum atomic E-state index is -0.330. The Bertz CT molecular complexity index is 964. The zero-order valence-electron chi connectivity index (χ0n) is 14.7. The number of hydrogen-bond donors (Lipinski definition) is 0. The summed E-state index contributed by atoms with van der Waals surface area (Å²) in [6, 6.07) is 9.33. The molecule has 1 amide bonds. The van der Waals surface area contributed by atoms with Crippen LogP contribution in [-0.2, 0) is 20.8 Å². The van der Waals surface area contributed by atoms with E-state index in [2.05, 4.69) is 4.98 Å². The monoisotopic (exact) mass is 386 g/mol. The van der Waals surface area contributed by atoms with Gasteiger partial charge in [-0.1, -0.05) is 17.4 Å². The van der Waals surface area contributed by atoms with Gasteiger partial charge in [-0.15, -0.1) is 0 Å². The van der Waals surface area contributed by atoms with Crippen LogP contribution in [0.15, 0.2) is 53.0 Å². The van der Waals surface area contributed by atoms with Crippen LogP contribution in [0.3, 0.4) is 0 Å². The van der Waals surface area contributed by atoms with Crippen LogP contribution in [0.1, 0.15) is 12.7 Å². The highest BCUT2D eigenvalue weighted by Gasteiger charge is 2.27. The Morgan fingerprint density at radius 2 is 2.22 bits per heavy atom. The van der Waals surface area contributed by atoms with E-state index < -0.39 is 0 Å². The Morgan fingerprint density at radius 1 is 1.30 bits per heavy atom. The van der Waals surface area contributed by atoms with Gasteiger partial charge in [0.2, 0.25) is 5.76 Å². The van der Waals surface area contributed by atoms with Crippen LogP contribution in [0.4, 0.5) is 5.13 Å². The van der Waals surface area contributed by atoms with Gasteiger partial charge in [0.1, 0.15) is 36.5 Å². The summed E-state index contributed by atoms with van der Waals surface area (Å²) < 4.78 is 22.7. The first-order valence-electron chi connectivity index (χ1n) is 8.57. The SMILES string of the molecule is CCOc1cccc2sc(N(Cc3ccco3)C(=O)C3=COCCO3)nc12. The van der Waals surface area contributed by atoms with Crippen LogP contribution < -0.4 is 9.64 Å². The van der Waals surface area contributed by atoms with Crippen molar-refractivity contribution in [1.29, 1.82) is 0 Å². The quantitative estimate of drug-likeness (QED) is 0.643. The van der Waals surface area contributed by atoms with Gasteiger partial charge in [0.25, 0.3) is 5.91 Å². The van der Waals surface area contributed by atoms with Crippen molar-refractivity contribution in [3.63, 3.8) is 0 Å². The average molecular weight is 386 g/mol. The number of nitrogens with zero attached hydrogens (tertiary/aromatic N) is 2. The molecular formula is C19H18N2O5S. The largest absolute Gasteiger partial charge is 0.494 e. The summed E-state index contributed by atoms with van der Waals surface area (Å²) in [7, 11) is 0. The average Bonchev–Trinajstić information content (AvgIpc) is 3.36. The number of hydrogen-bond acceptors (Lipinski definition) is 7. The molecule has 0 atom stereocenters. The third kappa shape index (κ3) is 3.61. The predicted octanol–water partition coefficient (Wildman–Crippen LogP) is 3.71. The summed E-state index contributed by atoms with van der Waals surface area (Å²) in [6.45, 7) is 3.45. The van der Waals surface area contributed by atoms with Crippen LogP contribution in [0.5, 0.6) is 5.75 Å². The molecule has 2 aromatic heterocycles. The molecule has 0 bridgehead atoms. The van der Waals surface area contributed by atoms with Crippen molar-refractivity contribution < 1.29 is 23.4 Å². The predicted molar refractivity (Wildman–Crippen MR) is 101 cm³/mol. The number of thiazole rings is 1. The fourth-order valence-corrected chi connectivity index (χ4v) is 3.68. The van der Waals surface area contributed by atoms with Crippen LogP contribution in [-0.4, -0.2) is 30.7 Å². The number of furan rings is 1. The van der Waals surface area contributed by atoms with E-state index in [-0.39, 0.29) is 18.2 Å². The number of carbonyl (C=O) groups is 1. The van der Waals surface area contributed by atoms with Gasteiger partial charge < -0.3 is 18.6 Å². The minimum Gasteiger partial charge on any atom is -0.494 e. The number of benzene rings is 1. The highest BCUT2D eigenvalue weighted by molar-refractivity contribution is 7.22. The van der Waals surface area contributed by atoms with Gasteiger partial charge in [-0.25, -0.2) is 4.98 Å². The fraction of sp³-hybridized carbons (Fsp3) is 0.263. The van der Waals surface area contributed by atoms with E-state index in [0.717, 1.165) is 10.2 Å². The first-order chi connectivity index (χ1) is 13.3. The molecule has 0 saturated heterocycles. The van der Waals surface area contributed by atoms with E-state index in [1.165, 1.54) is 22.5 Å². The lowest BCUT2D eigenvalue weighted by molar-refractivity contribution is -0.120. The molecule has 0 saturated carbocycles. The maximum atomic E-state index is 13.1. The first kappa shape index (κ1) is 17.4. The smallest absolute Gasteiger partial charge is 0.298 e. The minimum absolute atomic E-state index is 0.150. The van der Waals surface area contributed by atoms with E-state index in [0.29, 0.717) is 36.5 Å². The second kappa shape index (κ2) is 7.71. The zero-order chi connectivity index (χ0) is 18.6. The molecule has 4 rings (SSSR count). The van der Waals surface area contributed by atoms with E-state index in [9.17, 15) is 4.79 Å². The number of anilines is 1. The second-order valence-electron chi connectivity index (χ2n) is 5.70. The van der Waals surface area contributed by atoms with E-state index in [1.807, 2.05) is 31.2 Å². The summed E-state index contributed by atoms with van der Waals surface area (Å²) in [5.74, 6) is 1.16. The summed E-state index contributed by atoms with van der Waals surface area (Å²) >= 11 is 1.41. The van der Waals surface area contributed by atoms with Crippen molar-refractivity contribution in [3.05, 3.63) is 54.4 Å². The fourth-order valence-electron chi connectivity index (χ4n) is 2.70. The maximum Gasteiger partial charge on any atom is 0.298 e. The van der Waals surface area contributed by atoms with Crippen molar-refractivity contribution >= 4 is 32.6 Å². The van der Waals surface area contributed by atoms with Crippen molar-refractivity contribution in [2.75, 3.05) is 24.7 Å². The molecule has 0 N–H and O–H groups in total. The van der Waals surface area contributed by atoms with Crippen molar-refractivity contribution in [1.82, 2.24) is 4.98 Å². The molecule has 1 aromatic carbocycles. The number of amides is 1. The summed E-state index contributed by atoms with van der Waals surface area (Å²) in [6.07, 6.45) is 2.92. The highest BCUT2D eigenvalue weighted by atomic mass is 32.1. The Balaban J connectivity index is 1.73. The zero-order valence-corrected chi connectivity index (χ0v) is 15.5. The van der Waals surface area contributed by atoms with Gasteiger partial charge in [-0.3, -0.25) is 9.69 Å². The van der Waals surface area contributed by atoms with E-state index in [1.54, 1.807) is 12.3 Å². The molecule has 8 heteroatoms. The van der Waals surface area contributed by atoms with Gasteiger partial charge in [0.15, 0.2) is 5.13 Å². The Morgan fingerprint density at radius 3 is 2.96 bits per heavy atom. The lowest BCUT2D eigenvalue weighted by Crippen LogP contribution is -2.33. The van der Waals surface area contributed by atoms with Crippen LogP contribution in [0.25, 0.3) is 10.2 Å². The van der Waals surface area contributed by atoms with Gasteiger partial charge in [-0.2, -0.15) is 0 Å². The van der Waals surface area contributed by atoms with Crippen molar-refractivity contribution in [2.45, 2.75) is 13.5 Å². The molecule has 0 aliphatic carbocycles. The number of rotatable bonds is 6. The maximum absolute atomic E-state index is 13.1. The van der Waals surface area contributed by atoms with E-state index in [4.69, 9.17) is 18.6 Å². The first-order valence-corrected chi connectivity index (χ1v) is 9.39. The number of para-hydroxylation sites is 1. The molecule has 0 unspecified atom stereocenters. The lowest BCUT2D eigenvalue weighted by Gasteiger charge is -2.22. The van der Waals surface area contributed by atoms with Gasteiger partial charge in [0.05, 0.1) is 24.1 Å². The van der Waals surface area contributed by atoms with Crippen LogP contribution >= 0.6 is 11.3 Å². The summed E-state index contributed by atoms with van der Waals surface area (Å²) in [5, 5.41) is 0.536. The lowest BCUT2D eigenvalue weighted by atomic mass is 10.3. The number of carbonyl (C=O) groups excluding carboxylic acids is 1. The topological polar surface area (TPSA) is 74.0 Å². The number of fused-ring (bicyclic) bond motifs is 1. The van der Waals surface area contributed by atoms with Crippen molar-refractivity contribution in [3.8, 4) is 5.75 Å². The molecule has 1 aliphatic heterocycles. The summed E-state index contributed by atoms with van der Waals surface area (Å²) in [4.78, 5) is 19.2. The number of ether oxygens (including phenoxy) is 3. The van der Waals surface area contributed by atoms with Crippen LogP contribution in [0.2, 0.25) is 0 Å². The van der Waals surface area contributed by atoms with E-state index >= 15 is 0 Å². The molecular weight excluding hydrogens is 368 g/mol. The molecule has 0 radical (unpaired) electrons. The molecule has 27 heavy (non-hydrogen) atoms. The van der Waals surface area contributed by atoms with Gasteiger partial charge in [0, 0.05) is 0 Å². The van der Waals surface area contributed by atoms with Crippen molar-refractivity contribution in [2.24, 2.45) is 0 Å². The van der Waals surface area contributed by atoms with Gasteiger partial charge >= 0.3 is 0 Å². The molecule has 1 aliphatic rings. The molecule has 3 heterocycles. The van der Waals surface area contributed by atoms with Gasteiger partial charge in [-0.05, 0) is 31.2 Å². The Labute approximate surface area is 159 Å². The normalized spacial score (nSPS) is 13.6. The Kier molecular flexibility index (Phi) is 4.97. The standard InChI is InChI=1S/C19H18N2O5S/c1-2-24-14-6-3-7-16-17(14)20-19(27-16)21(11-13-5-4-8-25-13)18(22)15-12-23-9-10-26-15/h3-8,12H,2,9-11H2,1H3. The second-order valence-corrected chi connectivity index (χ2v) is 6.71. The van der Waals surface area contributed by atoms with Crippen LogP contribution in [0, 0.1) is 0 Å². The molecule has 0 fully saturated rings. The highest BCUT2D eigenvalue weighted by Crippen LogP contribution is 2.35. The molecule has 140 valence electrons. The third-order valence-corrected chi connectivity index (χ3v) is 4.94. The number of aromatic nitrogens is 1. The molecule has 3 aromatic rings. The molecule has 0 spiro atoms. The third-order valence-electron chi connectivity index (χ3n) is 3.90.